The molecule has 76 valence electrons. The number of rotatable bonds is 3. The summed E-state index contributed by atoms with van der Waals surface area (Å²) in [5, 5.41) is 8.76. The summed E-state index contributed by atoms with van der Waals surface area (Å²) >= 11 is 0. The lowest BCUT2D eigenvalue weighted by molar-refractivity contribution is 0.288. The van der Waals surface area contributed by atoms with Crippen molar-refractivity contribution in [1.82, 2.24) is 0 Å². The van der Waals surface area contributed by atoms with Crippen LogP contribution in [0.3, 0.4) is 0 Å². The van der Waals surface area contributed by atoms with E-state index in [2.05, 4.69) is 30.1 Å². The van der Waals surface area contributed by atoms with Gasteiger partial charge in [0, 0.05) is 25.9 Å². The third-order valence-corrected chi connectivity index (χ3v) is 2.90. The number of hydrogen-bond donors (Lipinski definition) is 1. The predicted molar refractivity (Wildman–Crippen MR) is 58.8 cm³/mol. The second-order valence-electron chi connectivity index (χ2n) is 3.96. The maximum atomic E-state index is 8.76. The van der Waals surface area contributed by atoms with Gasteiger partial charge in [0.25, 0.3) is 0 Å². The van der Waals surface area contributed by atoms with Crippen molar-refractivity contribution in [1.29, 1.82) is 0 Å². The Morgan fingerprint density at radius 2 is 2.29 bits per heavy atom. The Morgan fingerprint density at radius 3 is 3.07 bits per heavy atom. The average molecular weight is 191 g/mol. The Morgan fingerprint density at radius 1 is 1.43 bits per heavy atom. The van der Waals surface area contributed by atoms with Crippen molar-refractivity contribution in [2.45, 2.75) is 19.3 Å². The maximum absolute atomic E-state index is 8.76. The summed E-state index contributed by atoms with van der Waals surface area (Å²) in [5.74, 6) is 0. The van der Waals surface area contributed by atoms with Crippen molar-refractivity contribution >= 4 is 5.69 Å². The Hall–Kier alpha value is -1.02. The highest BCUT2D eigenvalue weighted by Crippen LogP contribution is 2.27. The number of hydrogen-bond acceptors (Lipinski definition) is 2. The van der Waals surface area contributed by atoms with Crippen LogP contribution in [0.25, 0.3) is 0 Å². The maximum Gasteiger partial charge on any atom is 0.0434 e. The number of nitrogens with zero attached hydrogens (tertiary/aromatic N) is 1. The van der Waals surface area contributed by atoms with Crippen LogP contribution in [0.15, 0.2) is 18.2 Å². The highest BCUT2D eigenvalue weighted by molar-refractivity contribution is 5.58. The zero-order chi connectivity index (χ0) is 9.97. The van der Waals surface area contributed by atoms with Gasteiger partial charge in [0.1, 0.15) is 0 Å². The molecule has 14 heavy (non-hydrogen) atoms. The number of aliphatic hydroxyl groups excluding tert-OH is 1. The summed E-state index contributed by atoms with van der Waals surface area (Å²) in [4.78, 5) is 2.30. The topological polar surface area (TPSA) is 23.5 Å². The van der Waals surface area contributed by atoms with Crippen LogP contribution in [0.4, 0.5) is 5.69 Å². The fourth-order valence-corrected chi connectivity index (χ4v) is 2.02. The first-order valence-corrected chi connectivity index (χ1v) is 5.25. The zero-order valence-corrected chi connectivity index (χ0v) is 8.66. The molecule has 0 radical (unpaired) electrons. The van der Waals surface area contributed by atoms with Gasteiger partial charge in [-0.2, -0.15) is 0 Å². The van der Waals surface area contributed by atoms with E-state index in [9.17, 15) is 0 Å². The van der Waals surface area contributed by atoms with Gasteiger partial charge in [0.05, 0.1) is 0 Å². The molecule has 2 heteroatoms. The van der Waals surface area contributed by atoms with Gasteiger partial charge in [-0.15, -0.1) is 0 Å². The van der Waals surface area contributed by atoms with Crippen LogP contribution in [-0.4, -0.2) is 25.3 Å². The second-order valence-corrected chi connectivity index (χ2v) is 3.96. The molecule has 2 rings (SSSR count). The van der Waals surface area contributed by atoms with Crippen LogP contribution in [0.2, 0.25) is 0 Å². The van der Waals surface area contributed by atoms with Crippen LogP contribution in [0, 0.1) is 0 Å². The van der Waals surface area contributed by atoms with Crippen LogP contribution in [-0.2, 0) is 12.8 Å². The smallest absolute Gasteiger partial charge is 0.0434 e. The summed E-state index contributed by atoms with van der Waals surface area (Å²) in [6.07, 6.45) is 3.02. The summed E-state index contributed by atoms with van der Waals surface area (Å²) in [6.45, 7) is 1.42. The fraction of sp³-hybridized carbons (Fsp3) is 0.500. The summed E-state index contributed by atoms with van der Waals surface area (Å²) in [7, 11) is 2.14. The predicted octanol–water partition coefficient (Wildman–Crippen LogP) is 1.60. The Labute approximate surface area is 85.2 Å². The molecule has 1 aliphatic rings. The van der Waals surface area contributed by atoms with Gasteiger partial charge < -0.3 is 10.0 Å². The molecule has 1 aromatic carbocycles. The van der Waals surface area contributed by atoms with Crippen LogP contribution >= 0.6 is 0 Å². The SMILES string of the molecule is CN1CCc2ccc(CCCO)cc21. The monoisotopic (exact) mass is 191 g/mol. The first-order valence-electron chi connectivity index (χ1n) is 5.25. The van der Waals surface area contributed by atoms with E-state index < -0.39 is 0 Å². The molecule has 1 aromatic rings. The minimum Gasteiger partial charge on any atom is -0.396 e. The zero-order valence-electron chi connectivity index (χ0n) is 8.66. The van der Waals surface area contributed by atoms with E-state index in [-0.39, 0.29) is 6.61 Å². The minimum atomic E-state index is 0.285. The standard InChI is InChI=1S/C12H17NO/c1-13-7-6-11-5-4-10(3-2-8-14)9-12(11)13/h4-5,9,14H,2-3,6-8H2,1H3. The largest absolute Gasteiger partial charge is 0.396 e. The van der Waals surface area contributed by atoms with Crippen molar-refractivity contribution < 1.29 is 5.11 Å². The number of likely N-dealkylation sites (N-methyl/N-ethyl adjacent to an activating group) is 1. The molecule has 0 saturated carbocycles. The van der Waals surface area contributed by atoms with E-state index in [1.165, 1.54) is 23.2 Å². The van der Waals surface area contributed by atoms with Gasteiger partial charge in [-0.05, 0) is 36.5 Å². The molecule has 1 heterocycles. The van der Waals surface area contributed by atoms with E-state index in [0.717, 1.165) is 19.4 Å². The molecule has 0 amide bonds. The molecule has 0 aliphatic carbocycles. The first kappa shape index (κ1) is 9.53. The van der Waals surface area contributed by atoms with E-state index >= 15 is 0 Å². The highest BCUT2D eigenvalue weighted by Gasteiger charge is 2.15. The third-order valence-electron chi connectivity index (χ3n) is 2.90. The van der Waals surface area contributed by atoms with E-state index in [1.54, 1.807) is 0 Å². The normalized spacial score (nSPS) is 14.6. The van der Waals surface area contributed by atoms with Gasteiger partial charge >= 0.3 is 0 Å². The van der Waals surface area contributed by atoms with Crippen LogP contribution < -0.4 is 4.90 Å². The quantitative estimate of drug-likeness (QED) is 0.784. The van der Waals surface area contributed by atoms with Crippen molar-refractivity contribution in [2.24, 2.45) is 0 Å². The molecule has 2 nitrogen and oxygen atoms in total. The Kier molecular flexibility index (Phi) is 2.73. The lowest BCUT2D eigenvalue weighted by atomic mass is 10.1. The van der Waals surface area contributed by atoms with Gasteiger partial charge in [-0.25, -0.2) is 0 Å². The van der Waals surface area contributed by atoms with E-state index in [1.807, 2.05) is 0 Å². The van der Waals surface area contributed by atoms with Gasteiger partial charge in [0.15, 0.2) is 0 Å². The number of benzene rings is 1. The molecule has 0 unspecified atom stereocenters. The Bertz CT molecular complexity index is 322. The molecule has 0 fully saturated rings. The summed E-state index contributed by atoms with van der Waals surface area (Å²) in [6, 6.07) is 6.68. The second kappa shape index (κ2) is 4.01. The molecule has 0 spiro atoms. The molecule has 1 aliphatic heterocycles. The molecular weight excluding hydrogens is 174 g/mol. The number of aryl methyl sites for hydroxylation is 1. The molecule has 0 saturated heterocycles. The molecular formula is C12H17NO. The molecule has 1 N–H and O–H groups in total. The van der Waals surface area contributed by atoms with Crippen molar-refractivity contribution in [3.8, 4) is 0 Å². The van der Waals surface area contributed by atoms with Crippen molar-refractivity contribution in [3.05, 3.63) is 29.3 Å². The van der Waals surface area contributed by atoms with Crippen LogP contribution in [0.5, 0.6) is 0 Å². The highest BCUT2D eigenvalue weighted by atomic mass is 16.2. The summed E-state index contributed by atoms with van der Waals surface area (Å²) < 4.78 is 0. The number of aliphatic hydroxyl groups is 1. The molecule has 0 bridgehead atoms. The molecule has 0 aromatic heterocycles. The third kappa shape index (κ3) is 1.75. The lowest BCUT2D eigenvalue weighted by Gasteiger charge is -2.12. The average Bonchev–Trinajstić information content (AvgIpc) is 2.57. The van der Waals surface area contributed by atoms with Crippen LogP contribution in [0.1, 0.15) is 17.5 Å². The van der Waals surface area contributed by atoms with E-state index in [0.29, 0.717) is 0 Å². The van der Waals surface area contributed by atoms with Gasteiger partial charge in [0.2, 0.25) is 0 Å². The summed E-state index contributed by atoms with van der Waals surface area (Å²) in [5.41, 5.74) is 4.17. The lowest BCUT2D eigenvalue weighted by Crippen LogP contribution is -2.12. The van der Waals surface area contributed by atoms with E-state index in [4.69, 9.17) is 5.11 Å². The van der Waals surface area contributed by atoms with Gasteiger partial charge in [-0.3, -0.25) is 0 Å². The first-order chi connectivity index (χ1) is 6.81. The Balaban J connectivity index is 2.17. The van der Waals surface area contributed by atoms with Gasteiger partial charge in [-0.1, -0.05) is 12.1 Å². The minimum absolute atomic E-state index is 0.285. The fourth-order valence-electron chi connectivity index (χ4n) is 2.02. The number of anilines is 1. The van der Waals surface area contributed by atoms with Crippen molar-refractivity contribution in [2.75, 3.05) is 25.1 Å². The van der Waals surface area contributed by atoms with Crippen molar-refractivity contribution in [3.63, 3.8) is 0 Å². The number of fused-ring (bicyclic) bond motifs is 1. The molecule has 0 atom stereocenters.